The van der Waals surface area contributed by atoms with E-state index < -0.39 is 0 Å². The normalized spacial score (nSPS) is 11.7. The molecule has 2 aromatic rings. The third kappa shape index (κ3) is 3.77. The zero-order valence-corrected chi connectivity index (χ0v) is 10.9. The quantitative estimate of drug-likeness (QED) is 0.882. The molecule has 1 atom stereocenters. The SMILES string of the molecule is CC(=O)Nc1ccc(NC(C)c2ccccc2)nn1. The second-order valence-electron chi connectivity index (χ2n) is 4.26. The molecule has 1 unspecified atom stereocenters. The van der Waals surface area contributed by atoms with Crippen molar-refractivity contribution in [2.24, 2.45) is 0 Å². The maximum absolute atomic E-state index is 10.9. The Bertz CT molecular complexity index is 539. The van der Waals surface area contributed by atoms with E-state index in [1.165, 1.54) is 12.5 Å². The zero-order chi connectivity index (χ0) is 13.7. The monoisotopic (exact) mass is 256 g/mol. The summed E-state index contributed by atoms with van der Waals surface area (Å²) >= 11 is 0. The van der Waals surface area contributed by atoms with Crippen molar-refractivity contribution in [1.82, 2.24) is 10.2 Å². The molecule has 0 aliphatic rings. The maximum Gasteiger partial charge on any atom is 0.222 e. The molecule has 1 aromatic carbocycles. The summed E-state index contributed by atoms with van der Waals surface area (Å²) in [6.07, 6.45) is 0. The Morgan fingerprint density at radius 1 is 1.05 bits per heavy atom. The van der Waals surface area contributed by atoms with Crippen LogP contribution in [0.3, 0.4) is 0 Å². The largest absolute Gasteiger partial charge is 0.362 e. The van der Waals surface area contributed by atoms with E-state index in [0.717, 1.165) is 0 Å². The van der Waals surface area contributed by atoms with Crippen LogP contribution in [0.15, 0.2) is 42.5 Å². The van der Waals surface area contributed by atoms with E-state index in [4.69, 9.17) is 0 Å². The van der Waals surface area contributed by atoms with Crippen molar-refractivity contribution < 1.29 is 4.79 Å². The fraction of sp³-hybridized carbons (Fsp3) is 0.214. The third-order valence-corrected chi connectivity index (χ3v) is 2.63. The number of hydrogen-bond donors (Lipinski definition) is 2. The number of rotatable bonds is 4. The van der Waals surface area contributed by atoms with Crippen LogP contribution >= 0.6 is 0 Å². The number of amides is 1. The maximum atomic E-state index is 10.9. The molecule has 0 aliphatic carbocycles. The molecule has 5 heteroatoms. The lowest BCUT2D eigenvalue weighted by atomic mass is 10.1. The third-order valence-electron chi connectivity index (χ3n) is 2.63. The molecular formula is C14H16N4O. The molecule has 0 bridgehead atoms. The second kappa shape index (κ2) is 5.95. The number of benzene rings is 1. The molecule has 19 heavy (non-hydrogen) atoms. The minimum absolute atomic E-state index is 0.141. The molecule has 0 fully saturated rings. The predicted molar refractivity (Wildman–Crippen MR) is 74.8 cm³/mol. The van der Waals surface area contributed by atoms with Gasteiger partial charge in [-0.15, -0.1) is 10.2 Å². The summed E-state index contributed by atoms with van der Waals surface area (Å²) in [6.45, 7) is 3.49. The van der Waals surface area contributed by atoms with E-state index in [1.807, 2.05) is 18.2 Å². The molecule has 1 aromatic heterocycles. The Kier molecular flexibility index (Phi) is 4.07. The fourth-order valence-electron chi connectivity index (χ4n) is 1.70. The first kappa shape index (κ1) is 13.0. The van der Waals surface area contributed by atoms with E-state index in [-0.39, 0.29) is 11.9 Å². The van der Waals surface area contributed by atoms with E-state index in [0.29, 0.717) is 11.6 Å². The van der Waals surface area contributed by atoms with Gasteiger partial charge >= 0.3 is 0 Å². The highest BCUT2D eigenvalue weighted by Gasteiger charge is 2.06. The smallest absolute Gasteiger partial charge is 0.222 e. The highest BCUT2D eigenvalue weighted by atomic mass is 16.1. The average molecular weight is 256 g/mol. The van der Waals surface area contributed by atoms with Crippen LogP contribution in [0.4, 0.5) is 11.6 Å². The van der Waals surface area contributed by atoms with Crippen LogP contribution in [0, 0.1) is 0 Å². The van der Waals surface area contributed by atoms with Gasteiger partial charge in [-0.3, -0.25) is 4.79 Å². The fourth-order valence-corrected chi connectivity index (χ4v) is 1.70. The molecule has 0 saturated carbocycles. The van der Waals surface area contributed by atoms with E-state index in [1.54, 1.807) is 12.1 Å². The Labute approximate surface area is 112 Å². The van der Waals surface area contributed by atoms with Crippen molar-refractivity contribution >= 4 is 17.5 Å². The molecule has 0 spiro atoms. The standard InChI is InChI=1S/C14H16N4O/c1-10(12-6-4-3-5-7-12)15-13-8-9-14(18-17-13)16-11(2)19/h3-10H,1-2H3,(H,15,17)(H,16,18,19). The summed E-state index contributed by atoms with van der Waals surface area (Å²) in [5.74, 6) is 0.962. The first-order valence-corrected chi connectivity index (χ1v) is 6.08. The molecule has 1 amide bonds. The van der Waals surface area contributed by atoms with Crippen molar-refractivity contribution in [2.45, 2.75) is 19.9 Å². The van der Waals surface area contributed by atoms with Crippen molar-refractivity contribution in [1.29, 1.82) is 0 Å². The van der Waals surface area contributed by atoms with Crippen LogP contribution in [0.25, 0.3) is 0 Å². The van der Waals surface area contributed by atoms with Crippen molar-refractivity contribution in [2.75, 3.05) is 10.6 Å². The molecular weight excluding hydrogens is 240 g/mol. The van der Waals surface area contributed by atoms with Gasteiger partial charge in [0.05, 0.1) is 0 Å². The van der Waals surface area contributed by atoms with Crippen molar-refractivity contribution in [3.63, 3.8) is 0 Å². The molecule has 98 valence electrons. The number of anilines is 2. The summed E-state index contributed by atoms with van der Waals surface area (Å²) in [4.78, 5) is 10.9. The van der Waals surface area contributed by atoms with Gasteiger partial charge in [-0.2, -0.15) is 0 Å². The van der Waals surface area contributed by atoms with Crippen LogP contribution in [0.2, 0.25) is 0 Å². The number of hydrogen-bond acceptors (Lipinski definition) is 4. The molecule has 5 nitrogen and oxygen atoms in total. The van der Waals surface area contributed by atoms with E-state index >= 15 is 0 Å². The van der Waals surface area contributed by atoms with Crippen molar-refractivity contribution in [3.05, 3.63) is 48.0 Å². The van der Waals surface area contributed by atoms with Gasteiger partial charge in [-0.1, -0.05) is 30.3 Å². The summed E-state index contributed by atoms with van der Waals surface area (Å²) in [7, 11) is 0. The minimum Gasteiger partial charge on any atom is -0.362 e. The van der Waals surface area contributed by atoms with Gasteiger partial charge in [0.25, 0.3) is 0 Å². The van der Waals surface area contributed by atoms with Gasteiger partial charge in [0, 0.05) is 13.0 Å². The number of carbonyl (C=O) groups excluding carboxylic acids is 1. The summed E-state index contributed by atoms with van der Waals surface area (Å²) in [5, 5.41) is 13.8. The van der Waals surface area contributed by atoms with Crippen LogP contribution < -0.4 is 10.6 Å². The van der Waals surface area contributed by atoms with Crippen LogP contribution in [0.1, 0.15) is 25.5 Å². The molecule has 2 N–H and O–H groups in total. The summed E-state index contributed by atoms with van der Waals surface area (Å²) < 4.78 is 0. The summed E-state index contributed by atoms with van der Waals surface area (Å²) in [6, 6.07) is 13.7. The Balaban J connectivity index is 2.01. The number of aromatic nitrogens is 2. The minimum atomic E-state index is -0.160. The van der Waals surface area contributed by atoms with Gasteiger partial charge in [0.15, 0.2) is 5.82 Å². The lowest BCUT2D eigenvalue weighted by molar-refractivity contribution is -0.114. The Morgan fingerprint density at radius 2 is 1.68 bits per heavy atom. The van der Waals surface area contributed by atoms with Gasteiger partial charge < -0.3 is 10.6 Å². The van der Waals surface area contributed by atoms with Crippen LogP contribution in [-0.2, 0) is 4.79 Å². The summed E-state index contributed by atoms with van der Waals surface area (Å²) in [5.41, 5.74) is 1.18. The number of carbonyl (C=O) groups is 1. The van der Waals surface area contributed by atoms with E-state index in [2.05, 4.69) is 39.9 Å². The van der Waals surface area contributed by atoms with E-state index in [9.17, 15) is 4.79 Å². The van der Waals surface area contributed by atoms with Gasteiger partial charge in [-0.05, 0) is 24.6 Å². The van der Waals surface area contributed by atoms with Crippen molar-refractivity contribution in [3.8, 4) is 0 Å². The Morgan fingerprint density at radius 3 is 2.26 bits per heavy atom. The second-order valence-corrected chi connectivity index (χ2v) is 4.26. The lowest BCUT2D eigenvalue weighted by Gasteiger charge is -2.14. The number of nitrogens with zero attached hydrogens (tertiary/aromatic N) is 2. The molecule has 0 radical (unpaired) electrons. The molecule has 0 saturated heterocycles. The highest BCUT2D eigenvalue weighted by Crippen LogP contribution is 2.17. The number of nitrogens with one attached hydrogen (secondary N) is 2. The zero-order valence-electron chi connectivity index (χ0n) is 10.9. The Hall–Kier alpha value is -2.43. The first-order chi connectivity index (χ1) is 9.15. The highest BCUT2D eigenvalue weighted by molar-refractivity contribution is 5.87. The van der Waals surface area contributed by atoms with Gasteiger partial charge in [-0.25, -0.2) is 0 Å². The molecule has 1 heterocycles. The topological polar surface area (TPSA) is 66.9 Å². The van der Waals surface area contributed by atoms with Crippen LogP contribution in [-0.4, -0.2) is 16.1 Å². The lowest BCUT2D eigenvalue weighted by Crippen LogP contribution is -2.11. The first-order valence-electron chi connectivity index (χ1n) is 6.08. The van der Waals surface area contributed by atoms with Crippen LogP contribution in [0.5, 0.6) is 0 Å². The van der Waals surface area contributed by atoms with Gasteiger partial charge in [0.2, 0.25) is 5.91 Å². The van der Waals surface area contributed by atoms with Gasteiger partial charge in [0.1, 0.15) is 5.82 Å². The predicted octanol–water partition coefficient (Wildman–Crippen LogP) is 2.61. The average Bonchev–Trinajstić information content (AvgIpc) is 2.41. The molecule has 0 aliphatic heterocycles. The molecule has 2 rings (SSSR count).